The topological polar surface area (TPSA) is 70.4 Å². The number of hydrogen-bond acceptors (Lipinski definition) is 4. The van der Waals surface area contributed by atoms with Gasteiger partial charge in [0.05, 0.1) is 12.2 Å². The second-order valence-electron chi connectivity index (χ2n) is 6.25. The van der Waals surface area contributed by atoms with Crippen LogP contribution in [0.25, 0.3) is 0 Å². The quantitative estimate of drug-likeness (QED) is 0.884. The number of urea groups is 1. The van der Waals surface area contributed by atoms with Crippen molar-refractivity contribution in [3.63, 3.8) is 0 Å². The van der Waals surface area contributed by atoms with E-state index in [1.807, 2.05) is 13.0 Å². The van der Waals surface area contributed by atoms with Crippen LogP contribution >= 0.6 is 0 Å². The van der Waals surface area contributed by atoms with Crippen LogP contribution in [0, 0.1) is 6.92 Å². The number of oxazole rings is 1. The monoisotopic (exact) mass is 328 g/mol. The van der Waals surface area contributed by atoms with Crippen molar-refractivity contribution in [2.24, 2.45) is 0 Å². The van der Waals surface area contributed by atoms with Crippen LogP contribution < -0.4 is 10.6 Å². The highest BCUT2D eigenvalue weighted by Gasteiger charge is 2.21. The van der Waals surface area contributed by atoms with E-state index in [9.17, 15) is 4.79 Å². The van der Waals surface area contributed by atoms with Gasteiger partial charge in [0.25, 0.3) is 0 Å². The van der Waals surface area contributed by atoms with Crippen molar-refractivity contribution in [3.05, 3.63) is 53.7 Å². The molecule has 6 nitrogen and oxygen atoms in total. The molecule has 1 aliphatic heterocycles. The zero-order valence-corrected chi connectivity index (χ0v) is 14.0. The molecular weight excluding hydrogens is 304 g/mol. The molecule has 1 saturated heterocycles. The molecule has 1 atom stereocenters. The predicted molar refractivity (Wildman–Crippen MR) is 91.4 cm³/mol. The van der Waals surface area contributed by atoms with E-state index < -0.39 is 0 Å². The van der Waals surface area contributed by atoms with Gasteiger partial charge in [-0.1, -0.05) is 30.3 Å². The lowest BCUT2D eigenvalue weighted by Crippen LogP contribution is -2.50. The summed E-state index contributed by atoms with van der Waals surface area (Å²) in [5.41, 5.74) is 2.12. The predicted octanol–water partition coefficient (Wildman–Crippen LogP) is 2.45. The molecule has 2 heterocycles. The minimum absolute atomic E-state index is 0.155. The summed E-state index contributed by atoms with van der Waals surface area (Å²) in [7, 11) is 0. The van der Waals surface area contributed by atoms with Gasteiger partial charge < -0.3 is 15.1 Å². The molecule has 1 fully saturated rings. The van der Waals surface area contributed by atoms with E-state index in [4.69, 9.17) is 4.42 Å². The third-order valence-electron chi connectivity index (χ3n) is 4.34. The molecule has 3 rings (SSSR count). The lowest BCUT2D eigenvalue weighted by molar-refractivity contribution is 0.180. The van der Waals surface area contributed by atoms with Gasteiger partial charge in [-0.2, -0.15) is 0 Å². The van der Waals surface area contributed by atoms with Gasteiger partial charge in [0, 0.05) is 19.1 Å². The number of nitrogens with one attached hydrogen (secondary N) is 2. The third-order valence-corrected chi connectivity index (χ3v) is 4.34. The number of amides is 2. The Hall–Kier alpha value is -2.34. The van der Waals surface area contributed by atoms with Gasteiger partial charge in [-0.15, -0.1) is 0 Å². The summed E-state index contributed by atoms with van der Waals surface area (Å²) in [6.45, 7) is 5.10. The first kappa shape index (κ1) is 16.5. The van der Waals surface area contributed by atoms with Crippen LogP contribution in [0.3, 0.4) is 0 Å². The smallest absolute Gasteiger partial charge is 0.315 e. The number of carbonyl (C=O) groups is 1. The number of carbonyl (C=O) groups excluding carboxylic acids is 1. The molecule has 1 unspecified atom stereocenters. The van der Waals surface area contributed by atoms with Crippen LogP contribution in [-0.2, 0) is 13.1 Å². The van der Waals surface area contributed by atoms with Crippen molar-refractivity contribution >= 4 is 6.03 Å². The van der Waals surface area contributed by atoms with Gasteiger partial charge in [0.15, 0.2) is 6.39 Å². The lowest BCUT2D eigenvalue weighted by atomic mass is 10.0. The van der Waals surface area contributed by atoms with Crippen molar-refractivity contribution in [3.8, 4) is 0 Å². The van der Waals surface area contributed by atoms with Gasteiger partial charge >= 0.3 is 6.03 Å². The first-order valence-corrected chi connectivity index (χ1v) is 8.40. The molecule has 2 amide bonds. The molecular formula is C18H24N4O2. The average Bonchev–Trinajstić information content (AvgIpc) is 2.99. The summed E-state index contributed by atoms with van der Waals surface area (Å²) in [6, 6.07) is 10.5. The minimum atomic E-state index is -0.155. The zero-order chi connectivity index (χ0) is 16.8. The number of aryl methyl sites for hydroxylation is 1. The Balaban J connectivity index is 1.44. The van der Waals surface area contributed by atoms with Crippen molar-refractivity contribution in [1.82, 2.24) is 20.5 Å². The maximum Gasteiger partial charge on any atom is 0.315 e. The van der Waals surface area contributed by atoms with Gasteiger partial charge in [-0.3, -0.25) is 4.90 Å². The normalized spacial score (nSPS) is 18.3. The van der Waals surface area contributed by atoms with Crippen molar-refractivity contribution in [1.29, 1.82) is 0 Å². The lowest BCUT2D eigenvalue weighted by Gasteiger charge is -2.33. The summed E-state index contributed by atoms with van der Waals surface area (Å²) in [5, 5.41) is 5.90. The Morgan fingerprint density at radius 1 is 1.38 bits per heavy atom. The first-order valence-electron chi connectivity index (χ1n) is 8.40. The van der Waals surface area contributed by atoms with Gasteiger partial charge in [-0.05, 0) is 31.9 Å². The zero-order valence-electron chi connectivity index (χ0n) is 14.0. The molecule has 1 aromatic carbocycles. The summed E-state index contributed by atoms with van der Waals surface area (Å²) in [4.78, 5) is 18.5. The number of aromatic nitrogens is 1. The average molecular weight is 328 g/mol. The van der Waals surface area contributed by atoms with E-state index in [0.29, 0.717) is 12.3 Å². The van der Waals surface area contributed by atoms with Crippen LogP contribution in [0.1, 0.15) is 29.9 Å². The molecule has 2 N–H and O–H groups in total. The summed E-state index contributed by atoms with van der Waals surface area (Å²) < 4.78 is 5.23. The second-order valence-corrected chi connectivity index (χ2v) is 6.25. The highest BCUT2D eigenvalue weighted by Crippen LogP contribution is 2.13. The fraction of sp³-hybridized carbons (Fsp3) is 0.444. The standard InChI is InChI=1S/C18H24N4O2/c1-14-17(24-13-20-14)10-19-18(23)21-16-8-5-9-22(12-16)11-15-6-3-2-4-7-15/h2-4,6-7,13,16H,5,8-12H2,1H3,(H2,19,21,23). The highest BCUT2D eigenvalue weighted by molar-refractivity contribution is 5.74. The van der Waals surface area contributed by atoms with E-state index in [2.05, 4.69) is 44.8 Å². The molecule has 0 bridgehead atoms. The maximum absolute atomic E-state index is 12.1. The van der Waals surface area contributed by atoms with E-state index in [-0.39, 0.29) is 12.1 Å². The van der Waals surface area contributed by atoms with Crippen LogP contribution in [0.4, 0.5) is 4.79 Å². The Labute approximate surface area is 142 Å². The van der Waals surface area contributed by atoms with Crippen molar-refractivity contribution in [2.45, 2.75) is 38.9 Å². The summed E-state index contributed by atoms with van der Waals surface area (Å²) in [6.07, 6.45) is 3.51. The Morgan fingerprint density at radius 3 is 2.96 bits per heavy atom. The molecule has 0 saturated carbocycles. The molecule has 24 heavy (non-hydrogen) atoms. The largest absolute Gasteiger partial charge is 0.446 e. The van der Waals surface area contributed by atoms with Crippen LogP contribution in [0.15, 0.2) is 41.1 Å². The number of likely N-dealkylation sites (tertiary alicyclic amines) is 1. The molecule has 0 radical (unpaired) electrons. The maximum atomic E-state index is 12.1. The van der Waals surface area contributed by atoms with Gasteiger partial charge in [0.1, 0.15) is 5.76 Å². The molecule has 128 valence electrons. The summed E-state index contributed by atoms with van der Waals surface area (Å²) in [5.74, 6) is 0.694. The van der Waals surface area contributed by atoms with Crippen LogP contribution in [-0.4, -0.2) is 35.0 Å². The highest BCUT2D eigenvalue weighted by atomic mass is 16.3. The van der Waals surface area contributed by atoms with Crippen LogP contribution in [0.2, 0.25) is 0 Å². The Morgan fingerprint density at radius 2 is 2.21 bits per heavy atom. The van der Waals surface area contributed by atoms with Gasteiger partial charge in [0.2, 0.25) is 0 Å². The number of rotatable bonds is 5. The fourth-order valence-corrected chi connectivity index (χ4v) is 3.05. The summed E-state index contributed by atoms with van der Waals surface area (Å²) >= 11 is 0. The second kappa shape index (κ2) is 7.97. The fourth-order valence-electron chi connectivity index (χ4n) is 3.05. The molecule has 1 aromatic heterocycles. The van der Waals surface area contributed by atoms with Crippen molar-refractivity contribution in [2.75, 3.05) is 13.1 Å². The van der Waals surface area contributed by atoms with E-state index in [1.165, 1.54) is 12.0 Å². The molecule has 2 aromatic rings. The number of piperidine rings is 1. The van der Waals surface area contributed by atoms with Crippen molar-refractivity contribution < 1.29 is 9.21 Å². The Kier molecular flexibility index (Phi) is 5.48. The molecule has 1 aliphatic rings. The molecule has 0 spiro atoms. The SMILES string of the molecule is Cc1ncoc1CNC(=O)NC1CCCN(Cc2ccccc2)C1. The van der Waals surface area contributed by atoms with E-state index >= 15 is 0 Å². The van der Waals surface area contributed by atoms with Gasteiger partial charge in [-0.25, -0.2) is 9.78 Å². The van der Waals surface area contributed by atoms with E-state index in [0.717, 1.165) is 38.2 Å². The number of benzene rings is 1. The third kappa shape index (κ3) is 4.58. The Bertz CT molecular complexity index is 656. The van der Waals surface area contributed by atoms with E-state index in [1.54, 1.807) is 0 Å². The minimum Gasteiger partial charge on any atom is -0.446 e. The number of nitrogens with zero attached hydrogens (tertiary/aromatic N) is 2. The number of hydrogen-bond donors (Lipinski definition) is 2. The molecule has 0 aliphatic carbocycles. The first-order chi connectivity index (χ1) is 11.7. The van der Waals surface area contributed by atoms with Crippen LogP contribution in [0.5, 0.6) is 0 Å². The molecule has 6 heteroatoms.